The summed E-state index contributed by atoms with van der Waals surface area (Å²) >= 11 is 5.90. The van der Waals surface area contributed by atoms with Crippen LogP contribution in [0.5, 0.6) is 0 Å². The molecule has 4 nitrogen and oxygen atoms in total. The van der Waals surface area contributed by atoms with Crippen molar-refractivity contribution in [1.29, 1.82) is 0 Å². The Morgan fingerprint density at radius 2 is 2.12 bits per heavy atom. The van der Waals surface area contributed by atoms with Gasteiger partial charge in [0, 0.05) is 47.8 Å². The van der Waals surface area contributed by atoms with E-state index < -0.39 is 10.8 Å². The second kappa shape index (κ2) is 4.93. The number of carbonyl (C=O) groups excluding carboxylic acids is 1. The Balaban J connectivity index is 2.14. The first kappa shape index (κ1) is 11.5. The number of amides is 1. The molecular formula is C10H11ClN2O2S. The molecule has 1 aromatic heterocycles. The lowest BCUT2D eigenvalue weighted by Gasteiger charge is -2.26. The predicted molar refractivity (Wildman–Crippen MR) is 63.0 cm³/mol. The minimum atomic E-state index is -0.778. The van der Waals surface area contributed by atoms with Crippen LogP contribution in [-0.4, -0.2) is 44.6 Å². The van der Waals surface area contributed by atoms with Gasteiger partial charge >= 0.3 is 0 Å². The van der Waals surface area contributed by atoms with E-state index in [9.17, 15) is 9.00 Å². The summed E-state index contributed by atoms with van der Waals surface area (Å²) in [6, 6.07) is 1.61. The van der Waals surface area contributed by atoms with Crippen molar-refractivity contribution in [3.63, 3.8) is 0 Å². The molecule has 1 aliphatic rings. The summed E-state index contributed by atoms with van der Waals surface area (Å²) in [5.74, 6) is 0.993. The third-order valence-electron chi connectivity index (χ3n) is 2.47. The van der Waals surface area contributed by atoms with Gasteiger partial charge in [-0.25, -0.2) is 0 Å². The minimum Gasteiger partial charge on any atom is -0.337 e. The summed E-state index contributed by atoms with van der Waals surface area (Å²) in [5.41, 5.74) is 0.462. The molecule has 0 saturated carbocycles. The first-order valence-corrected chi connectivity index (χ1v) is 6.79. The summed E-state index contributed by atoms with van der Waals surface area (Å²) in [6.07, 6.45) is 3.00. The standard InChI is InChI=1S/C10H11ClN2O2S/c11-9-7-12-2-1-8(9)10(14)13-3-5-16(15)6-4-13/h1-2,7H,3-6H2. The Kier molecular flexibility index (Phi) is 3.56. The Bertz CT molecular complexity index is 429. The fraction of sp³-hybridized carbons (Fsp3) is 0.400. The highest BCUT2D eigenvalue weighted by Crippen LogP contribution is 2.16. The van der Waals surface area contributed by atoms with Crippen molar-refractivity contribution in [2.45, 2.75) is 0 Å². The summed E-state index contributed by atoms with van der Waals surface area (Å²) in [6.45, 7) is 1.06. The van der Waals surface area contributed by atoms with E-state index in [0.717, 1.165) is 0 Å². The molecule has 2 heterocycles. The largest absolute Gasteiger partial charge is 0.337 e. The third-order valence-corrected chi connectivity index (χ3v) is 4.04. The van der Waals surface area contributed by atoms with Crippen LogP contribution in [0.3, 0.4) is 0 Å². The number of pyridine rings is 1. The third kappa shape index (κ3) is 2.41. The first-order valence-electron chi connectivity index (χ1n) is 4.92. The van der Waals surface area contributed by atoms with Crippen molar-refractivity contribution in [3.05, 3.63) is 29.0 Å². The van der Waals surface area contributed by atoms with E-state index in [0.29, 0.717) is 35.2 Å². The van der Waals surface area contributed by atoms with Gasteiger partial charge in [0.1, 0.15) is 0 Å². The van der Waals surface area contributed by atoms with Crippen molar-refractivity contribution in [2.24, 2.45) is 0 Å². The maximum absolute atomic E-state index is 12.0. The molecule has 1 aromatic rings. The lowest BCUT2D eigenvalue weighted by atomic mass is 10.2. The van der Waals surface area contributed by atoms with E-state index in [4.69, 9.17) is 11.6 Å². The molecule has 2 rings (SSSR count). The Morgan fingerprint density at radius 1 is 1.44 bits per heavy atom. The number of nitrogens with zero attached hydrogens (tertiary/aromatic N) is 2. The molecule has 0 N–H and O–H groups in total. The average molecular weight is 259 g/mol. The van der Waals surface area contributed by atoms with Gasteiger partial charge in [-0.1, -0.05) is 11.6 Å². The lowest BCUT2D eigenvalue weighted by molar-refractivity contribution is 0.0771. The zero-order chi connectivity index (χ0) is 11.5. The second-order valence-corrected chi connectivity index (χ2v) is 5.60. The molecule has 16 heavy (non-hydrogen) atoms. The molecule has 0 radical (unpaired) electrons. The number of halogens is 1. The number of hydrogen-bond acceptors (Lipinski definition) is 3. The molecule has 1 fully saturated rings. The fourth-order valence-corrected chi connectivity index (χ4v) is 2.81. The summed E-state index contributed by atoms with van der Waals surface area (Å²) in [4.78, 5) is 17.6. The Hall–Kier alpha value is -0.940. The van der Waals surface area contributed by atoms with Crippen molar-refractivity contribution in [1.82, 2.24) is 9.88 Å². The van der Waals surface area contributed by atoms with E-state index in [1.807, 2.05) is 0 Å². The van der Waals surface area contributed by atoms with Gasteiger partial charge in [0.15, 0.2) is 0 Å². The average Bonchev–Trinajstić information content (AvgIpc) is 2.30. The number of hydrogen-bond donors (Lipinski definition) is 0. The van der Waals surface area contributed by atoms with Crippen LogP contribution in [0.15, 0.2) is 18.5 Å². The molecule has 6 heteroatoms. The maximum Gasteiger partial charge on any atom is 0.255 e. The van der Waals surface area contributed by atoms with Crippen LogP contribution in [0.25, 0.3) is 0 Å². The zero-order valence-corrected chi connectivity index (χ0v) is 10.1. The molecule has 0 aromatic carbocycles. The smallest absolute Gasteiger partial charge is 0.255 e. The molecule has 0 atom stereocenters. The molecule has 0 unspecified atom stereocenters. The number of carbonyl (C=O) groups is 1. The molecule has 1 saturated heterocycles. The van der Waals surface area contributed by atoms with E-state index in [-0.39, 0.29) is 5.91 Å². The quantitative estimate of drug-likeness (QED) is 0.753. The van der Waals surface area contributed by atoms with Crippen LogP contribution in [0.2, 0.25) is 5.02 Å². The van der Waals surface area contributed by atoms with Gasteiger partial charge in [-0.3, -0.25) is 14.0 Å². The van der Waals surface area contributed by atoms with Crippen LogP contribution in [0, 0.1) is 0 Å². The Morgan fingerprint density at radius 3 is 2.75 bits per heavy atom. The highest BCUT2D eigenvalue weighted by Gasteiger charge is 2.22. The van der Waals surface area contributed by atoms with Gasteiger partial charge in [-0.15, -0.1) is 0 Å². The summed E-state index contributed by atoms with van der Waals surface area (Å²) < 4.78 is 11.2. The minimum absolute atomic E-state index is 0.107. The van der Waals surface area contributed by atoms with Crippen molar-refractivity contribution in [2.75, 3.05) is 24.6 Å². The van der Waals surface area contributed by atoms with Gasteiger partial charge in [0.2, 0.25) is 0 Å². The van der Waals surface area contributed by atoms with Gasteiger partial charge in [0.05, 0.1) is 10.6 Å². The zero-order valence-electron chi connectivity index (χ0n) is 8.56. The van der Waals surface area contributed by atoms with E-state index in [1.54, 1.807) is 17.2 Å². The monoisotopic (exact) mass is 258 g/mol. The van der Waals surface area contributed by atoms with E-state index in [1.165, 1.54) is 6.20 Å². The Labute approximate surface area is 101 Å². The maximum atomic E-state index is 12.0. The van der Waals surface area contributed by atoms with Gasteiger partial charge in [0.25, 0.3) is 5.91 Å². The molecular weight excluding hydrogens is 248 g/mol. The van der Waals surface area contributed by atoms with Crippen molar-refractivity contribution >= 4 is 28.3 Å². The number of rotatable bonds is 1. The molecule has 0 aliphatic carbocycles. The van der Waals surface area contributed by atoms with Crippen LogP contribution in [-0.2, 0) is 10.8 Å². The predicted octanol–water partition coefficient (Wildman–Crippen LogP) is 0.939. The van der Waals surface area contributed by atoms with E-state index in [2.05, 4.69) is 4.98 Å². The molecule has 0 spiro atoms. The van der Waals surface area contributed by atoms with E-state index >= 15 is 0 Å². The molecule has 1 aliphatic heterocycles. The van der Waals surface area contributed by atoms with Crippen LogP contribution < -0.4 is 0 Å². The number of aromatic nitrogens is 1. The SMILES string of the molecule is O=C(c1ccncc1Cl)N1CCS(=O)CC1. The topological polar surface area (TPSA) is 50.3 Å². The fourth-order valence-electron chi connectivity index (χ4n) is 1.56. The molecule has 86 valence electrons. The molecule has 0 bridgehead atoms. The van der Waals surface area contributed by atoms with Gasteiger partial charge < -0.3 is 4.90 Å². The lowest BCUT2D eigenvalue weighted by Crippen LogP contribution is -2.41. The first-order chi connectivity index (χ1) is 7.68. The van der Waals surface area contributed by atoms with Crippen LogP contribution in [0.1, 0.15) is 10.4 Å². The van der Waals surface area contributed by atoms with Crippen LogP contribution >= 0.6 is 11.6 Å². The van der Waals surface area contributed by atoms with Gasteiger partial charge in [-0.2, -0.15) is 0 Å². The van der Waals surface area contributed by atoms with Crippen LogP contribution in [0.4, 0.5) is 0 Å². The highest BCUT2D eigenvalue weighted by molar-refractivity contribution is 7.85. The van der Waals surface area contributed by atoms with Crippen molar-refractivity contribution in [3.8, 4) is 0 Å². The summed E-state index contributed by atoms with van der Waals surface area (Å²) in [5, 5.41) is 0.360. The molecule has 1 amide bonds. The van der Waals surface area contributed by atoms with Crippen molar-refractivity contribution < 1.29 is 9.00 Å². The summed E-state index contributed by atoms with van der Waals surface area (Å²) in [7, 11) is -0.778. The highest BCUT2D eigenvalue weighted by atomic mass is 35.5. The van der Waals surface area contributed by atoms with Gasteiger partial charge in [-0.05, 0) is 6.07 Å². The second-order valence-electron chi connectivity index (χ2n) is 3.50. The normalized spacial score (nSPS) is 17.4.